The average molecular weight is 266 g/mol. The van der Waals surface area contributed by atoms with E-state index >= 15 is 0 Å². The van der Waals surface area contributed by atoms with Crippen molar-refractivity contribution in [1.82, 2.24) is 10.2 Å². The number of hydrogen-bond acceptors (Lipinski definition) is 4. The second-order valence-corrected chi connectivity index (χ2v) is 4.73. The van der Waals surface area contributed by atoms with E-state index in [1.807, 2.05) is 17.5 Å². The first-order valence-electron chi connectivity index (χ1n) is 5.71. The van der Waals surface area contributed by atoms with Gasteiger partial charge in [0.15, 0.2) is 0 Å². The van der Waals surface area contributed by atoms with Gasteiger partial charge in [-0.15, -0.1) is 17.8 Å². The summed E-state index contributed by atoms with van der Waals surface area (Å²) in [5, 5.41) is 4.91. The van der Waals surface area contributed by atoms with E-state index in [0.29, 0.717) is 26.2 Å². The number of thiophene rings is 1. The number of rotatable bonds is 8. The molecular formula is C13H18N2O2S. The van der Waals surface area contributed by atoms with E-state index in [1.165, 1.54) is 0 Å². The molecule has 1 amide bonds. The van der Waals surface area contributed by atoms with Crippen LogP contribution in [0, 0.1) is 12.3 Å². The maximum Gasteiger partial charge on any atom is 0.236 e. The Kier molecular flexibility index (Phi) is 7.11. The standard InChI is InChI=1S/C13H18N2O2S/c1-3-6-14-10-13(16)15(7-8-17-2)11-12-5-4-9-18-12/h1,4-5,9,14H,6-8,10-11H2,2H3. The second kappa shape index (κ2) is 8.70. The fourth-order valence-corrected chi connectivity index (χ4v) is 2.16. The fraction of sp³-hybridized carbons (Fsp3) is 0.462. The molecule has 1 aromatic rings. The maximum absolute atomic E-state index is 12.0. The molecule has 0 bridgehead atoms. The highest BCUT2D eigenvalue weighted by Crippen LogP contribution is 2.11. The van der Waals surface area contributed by atoms with Crippen LogP contribution in [0.15, 0.2) is 17.5 Å². The van der Waals surface area contributed by atoms with E-state index < -0.39 is 0 Å². The molecule has 1 aromatic heterocycles. The molecule has 0 unspecified atom stereocenters. The molecule has 0 atom stereocenters. The van der Waals surface area contributed by atoms with Crippen LogP contribution in [-0.2, 0) is 16.1 Å². The van der Waals surface area contributed by atoms with Crippen molar-refractivity contribution in [2.45, 2.75) is 6.54 Å². The normalized spacial score (nSPS) is 10.0. The van der Waals surface area contributed by atoms with E-state index in [4.69, 9.17) is 11.2 Å². The van der Waals surface area contributed by atoms with Crippen molar-refractivity contribution < 1.29 is 9.53 Å². The Morgan fingerprint density at radius 1 is 1.67 bits per heavy atom. The minimum atomic E-state index is 0.0377. The summed E-state index contributed by atoms with van der Waals surface area (Å²) < 4.78 is 5.02. The second-order valence-electron chi connectivity index (χ2n) is 3.70. The van der Waals surface area contributed by atoms with Gasteiger partial charge in [-0.25, -0.2) is 0 Å². The van der Waals surface area contributed by atoms with E-state index in [9.17, 15) is 4.79 Å². The zero-order chi connectivity index (χ0) is 13.2. The zero-order valence-electron chi connectivity index (χ0n) is 10.5. The molecule has 0 fully saturated rings. The Balaban J connectivity index is 2.48. The predicted octanol–water partition coefficient (Wildman–Crippen LogP) is 0.946. The van der Waals surface area contributed by atoms with Crippen molar-refractivity contribution in [3.05, 3.63) is 22.4 Å². The van der Waals surface area contributed by atoms with E-state index in [-0.39, 0.29) is 12.5 Å². The lowest BCUT2D eigenvalue weighted by Crippen LogP contribution is -2.39. The molecule has 5 heteroatoms. The van der Waals surface area contributed by atoms with Crippen molar-refractivity contribution in [3.8, 4) is 12.3 Å². The number of nitrogens with zero attached hydrogens (tertiary/aromatic N) is 1. The van der Waals surface area contributed by atoms with Crippen LogP contribution in [0.5, 0.6) is 0 Å². The molecule has 0 saturated carbocycles. The molecule has 0 saturated heterocycles. The van der Waals surface area contributed by atoms with Crippen LogP contribution in [0.2, 0.25) is 0 Å². The summed E-state index contributed by atoms with van der Waals surface area (Å²) in [6.07, 6.45) is 5.12. The van der Waals surface area contributed by atoms with Crippen molar-refractivity contribution in [3.63, 3.8) is 0 Å². The van der Waals surface area contributed by atoms with Gasteiger partial charge in [0.1, 0.15) is 0 Å². The number of ether oxygens (including phenoxy) is 1. The monoisotopic (exact) mass is 266 g/mol. The van der Waals surface area contributed by atoms with Crippen molar-refractivity contribution in [1.29, 1.82) is 0 Å². The highest BCUT2D eigenvalue weighted by molar-refractivity contribution is 7.09. The van der Waals surface area contributed by atoms with Gasteiger partial charge in [-0.05, 0) is 11.4 Å². The van der Waals surface area contributed by atoms with E-state index in [0.717, 1.165) is 4.88 Å². The Morgan fingerprint density at radius 3 is 3.11 bits per heavy atom. The van der Waals surface area contributed by atoms with Gasteiger partial charge in [0, 0.05) is 18.5 Å². The minimum absolute atomic E-state index is 0.0377. The van der Waals surface area contributed by atoms with Gasteiger partial charge in [0.05, 0.1) is 26.2 Å². The summed E-state index contributed by atoms with van der Waals surface area (Å²) in [6, 6.07) is 4.00. The third-order valence-electron chi connectivity index (χ3n) is 2.35. The molecule has 0 radical (unpaired) electrons. The number of nitrogens with one attached hydrogen (secondary N) is 1. The van der Waals surface area contributed by atoms with Gasteiger partial charge < -0.3 is 9.64 Å². The molecule has 1 rings (SSSR count). The van der Waals surface area contributed by atoms with E-state index in [2.05, 4.69) is 11.2 Å². The number of methoxy groups -OCH3 is 1. The SMILES string of the molecule is C#CCNCC(=O)N(CCOC)Cc1cccs1. The highest BCUT2D eigenvalue weighted by Gasteiger charge is 2.13. The Bertz CT molecular complexity index is 384. The van der Waals surface area contributed by atoms with Crippen LogP contribution < -0.4 is 5.32 Å². The number of amides is 1. The first kappa shape index (κ1) is 14.7. The molecule has 4 nitrogen and oxygen atoms in total. The molecular weight excluding hydrogens is 248 g/mol. The van der Waals surface area contributed by atoms with Crippen molar-refractivity contribution in [2.75, 3.05) is 33.4 Å². The summed E-state index contributed by atoms with van der Waals surface area (Å²) in [5.74, 6) is 2.48. The van der Waals surface area contributed by atoms with E-state index in [1.54, 1.807) is 23.3 Å². The first-order valence-corrected chi connectivity index (χ1v) is 6.59. The molecule has 1 N–H and O–H groups in total. The van der Waals surface area contributed by atoms with Crippen LogP contribution in [-0.4, -0.2) is 44.2 Å². The van der Waals surface area contributed by atoms with Gasteiger partial charge in [-0.1, -0.05) is 12.0 Å². The Hall–Kier alpha value is -1.35. The quantitative estimate of drug-likeness (QED) is 0.562. The lowest BCUT2D eigenvalue weighted by molar-refractivity contribution is -0.131. The molecule has 0 aromatic carbocycles. The predicted molar refractivity (Wildman–Crippen MR) is 73.3 cm³/mol. The molecule has 0 aliphatic heterocycles. The number of carbonyl (C=O) groups excluding carboxylic acids is 1. The topological polar surface area (TPSA) is 41.6 Å². The maximum atomic E-state index is 12.0. The average Bonchev–Trinajstić information content (AvgIpc) is 2.87. The largest absolute Gasteiger partial charge is 0.383 e. The number of carbonyl (C=O) groups is 1. The third-order valence-corrected chi connectivity index (χ3v) is 3.21. The summed E-state index contributed by atoms with van der Waals surface area (Å²) in [4.78, 5) is 14.9. The van der Waals surface area contributed by atoms with Gasteiger partial charge in [-0.2, -0.15) is 0 Å². The summed E-state index contributed by atoms with van der Waals surface area (Å²) in [6.45, 7) is 2.41. The lowest BCUT2D eigenvalue weighted by Gasteiger charge is -2.21. The van der Waals surface area contributed by atoms with Crippen LogP contribution in [0.1, 0.15) is 4.88 Å². The summed E-state index contributed by atoms with van der Waals surface area (Å²) >= 11 is 1.64. The molecule has 18 heavy (non-hydrogen) atoms. The zero-order valence-corrected chi connectivity index (χ0v) is 11.3. The number of terminal acetylenes is 1. The molecule has 0 aliphatic rings. The van der Waals surface area contributed by atoms with Crippen LogP contribution in [0.3, 0.4) is 0 Å². The highest BCUT2D eigenvalue weighted by atomic mass is 32.1. The van der Waals surface area contributed by atoms with Gasteiger partial charge in [-0.3, -0.25) is 10.1 Å². The van der Waals surface area contributed by atoms with Crippen LogP contribution >= 0.6 is 11.3 Å². The van der Waals surface area contributed by atoms with Gasteiger partial charge in [0.25, 0.3) is 0 Å². The molecule has 1 heterocycles. The van der Waals surface area contributed by atoms with Crippen molar-refractivity contribution in [2.24, 2.45) is 0 Å². The van der Waals surface area contributed by atoms with Gasteiger partial charge in [0.2, 0.25) is 5.91 Å². The van der Waals surface area contributed by atoms with Gasteiger partial charge >= 0.3 is 0 Å². The first-order chi connectivity index (χ1) is 8.77. The smallest absolute Gasteiger partial charge is 0.236 e. The minimum Gasteiger partial charge on any atom is -0.383 e. The molecule has 98 valence electrons. The fourth-order valence-electron chi connectivity index (χ4n) is 1.44. The molecule has 0 spiro atoms. The van der Waals surface area contributed by atoms with Crippen LogP contribution in [0.4, 0.5) is 0 Å². The summed E-state index contributed by atoms with van der Waals surface area (Å²) in [7, 11) is 1.63. The van der Waals surface area contributed by atoms with Crippen LogP contribution in [0.25, 0.3) is 0 Å². The third kappa shape index (κ3) is 5.32. The molecule has 0 aliphatic carbocycles. The Labute approximate surface area is 112 Å². The Morgan fingerprint density at radius 2 is 2.50 bits per heavy atom. The summed E-state index contributed by atoms with van der Waals surface area (Å²) in [5.41, 5.74) is 0. The van der Waals surface area contributed by atoms with Crippen molar-refractivity contribution >= 4 is 17.2 Å². The lowest BCUT2D eigenvalue weighted by atomic mass is 10.3. The number of hydrogen-bond donors (Lipinski definition) is 1.